The zero-order valence-electron chi connectivity index (χ0n) is 11.3. The molecule has 0 aromatic heterocycles. The van der Waals surface area contributed by atoms with E-state index < -0.39 is 0 Å². The highest BCUT2D eigenvalue weighted by Gasteiger charge is 2.06. The second-order valence-corrected chi connectivity index (χ2v) is 3.86. The third-order valence-corrected chi connectivity index (χ3v) is 2.49. The lowest BCUT2D eigenvalue weighted by atomic mass is 10.2. The molecular formula is C12H26N2O3. The highest BCUT2D eigenvalue weighted by molar-refractivity contribution is 5.78. The third kappa shape index (κ3) is 10.2. The van der Waals surface area contributed by atoms with Crippen LogP contribution >= 0.6 is 0 Å². The molecule has 0 radical (unpaired) electrons. The SMILES string of the molecule is CCC(CC)NC(=O)CNCCOCCOC. The molecule has 0 heterocycles. The van der Waals surface area contributed by atoms with E-state index in [2.05, 4.69) is 24.5 Å². The van der Waals surface area contributed by atoms with Gasteiger partial charge in [-0.05, 0) is 12.8 Å². The van der Waals surface area contributed by atoms with Gasteiger partial charge in [-0.25, -0.2) is 0 Å². The monoisotopic (exact) mass is 246 g/mol. The summed E-state index contributed by atoms with van der Waals surface area (Å²) in [5.74, 6) is 0.0515. The fourth-order valence-corrected chi connectivity index (χ4v) is 1.36. The molecule has 0 unspecified atom stereocenters. The number of hydrogen-bond acceptors (Lipinski definition) is 4. The molecule has 0 spiro atoms. The summed E-state index contributed by atoms with van der Waals surface area (Å²) in [6.07, 6.45) is 1.95. The first-order chi connectivity index (χ1) is 8.24. The molecular weight excluding hydrogens is 220 g/mol. The van der Waals surface area contributed by atoms with Gasteiger partial charge in [0.05, 0.1) is 26.4 Å². The standard InChI is InChI=1S/C12H26N2O3/c1-4-11(5-2)14-12(15)10-13-6-7-17-9-8-16-3/h11,13H,4-10H2,1-3H3,(H,14,15). The Bertz CT molecular complexity index is 185. The number of rotatable bonds is 11. The first-order valence-corrected chi connectivity index (χ1v) is 6.31. The van der Waals surface area contributed by atoms with Gasteiger partial charge in [-0.3, -0.25) is 4.79 Å². The smallest absolute Gasteiger partial charge is 0.234 e. The minimum Gasteiger partial charge on any atom is -0.382 e. The molecule has 0 aliphatic rings. The van der Waals surface area contributed by atoms with Gasteiger partial charge in [0.2, 0.25) is 5.91 Å². The maximum atomic E-state index is 11.5. The molecule has 0 aromatic carbocycles. The summed E-state index contributed by atoms with van der Waals surface area (Å²) in [6, 6.07) is 0.294. The van der Waals surface area contributed by atoms with Gasteiger partial charge < -0.3 is 20.1 Å². The van der Waals surface area contributed by atoms with E-state index in [0.29, 0.717) is 39.0 Å². The van der Waals surface area contributed by atoms with Crippen LogP contribution in [0.2, 0.25) is 0 Å². The lowest BCUT2D eigenvalue weighted by Crippen LogP contribution is -2.40. The van der Waals surface area contributed by atoms with Gasteiger partial charge in [-0.2, -0.15) is 0 Å². The van der Waals surface area contributed by atoms with Crippen molar-refractivity contribution in [2.45, 2.75) is 32.7 Å². The number of amides is 1. The number of carbonyl (C=O) groups excluding carboxylic acids is 1. The van der Waals surface area contributed by atoms with Crippen LogP contribution in [-0.2, 0) is 14.3 Å². The predicted molar refractivity (Wildman–Crippen MR) is 68.1 cm³/mol. The lowest BCUT2D eigenvalue weighted by Gasteiger charge is -2.14. The van der Waals surface area contributed by atoms with Crippen molar-refractivity contribution in [1.82, 2.24) is 10.6 Å². The molecule has 0 aliphatic heterocycles. The summed E-state index contributed by atoms with van der Waals surface area (Å²) in [5.41, 5.74) is 0. The maximum absolute atomic E-state index is 11.5. The van der Waals surface area contributed by atoms with Gasteiger partial charge in [0, 0.05) is 19.7 Å². The highest BCUT2D eigenvalue weighted by atomic mass is 16.5. The summed E-state index contributed by atoms with van der Waals surface area (Å²) < 4.78 is 10.1. The van der Waals surface area contributed by atoms with Crippen LogP contribution in [0.25, 0.3) is 0 Å². The quantitative estimate of drug-likeness (QED) is 0.523. The van der Waals surface area contributed by atoms with Crippen LogP contribution in [0.3, 0.4) is 0 Å². The predicted octanol–water partition coefficient (Wildman–Crippen LogP) is 0.544. The molecule has 0 bridgehead atoms. The van der Waals surface area contributed by atoms with E-state index in [9.17, 15) is 4.79 Å². The minimum atomic E-state index is 0.0515. The maximum Gasteiger partial charge on any atom is 0.234 e. The van der Waals surface area contributed by atoms with Crippen LogP contribution in [0.4, 0.5) is 0 Å². The molecule has 0 aliphatic carbocycles. The minimum absolute atomic E-state index is 0.0515. The normalized spacial score (nSPS) is 10.8. The fraction of sp³-hybridized carbons (Fsp3) is 0.917. The molecule has 0 atom stereocenters. The molecule has 5 nitrogen and oxygen atoms in total. The Kier molecular flexibility index (Phi) is 11.4. The Morgan fingerprint density at radius 2 is 1.88 bits per heavy atom. The zero-order chi connectivity index (χ0) is 12.9. The Balaban J connectivity index is 3.33. The van der Waals surface area contributed by atoms with Crippen LogP contribution in [0.5, 0.6) is 0 Å². The molecule has 5 heteroatoms. The van der Waals surface area contributed by atoms with Gasteiger partial charge in [0.15, 0.2) is 0 Å². The van der Waals surface area contributed by atoms with Crippen molar-refractivity contribution in [1.29, 1.82) is 0 Å². The van der Waals surface area contributed by atoms with Crippen molar-refractivity contribution in [3.05, 3.63) is 0 Å². The summed E-state index contributed by atoms with van der Waals surface area (Å²) in [7, 11) is 1.64. The number of carbonyl (C=O) groups is 1. The summed E-state index contributed by atoms with van der Waals surface area (Å²) in [6.45, 7) is 6.98. The van der Waals surface area contributed by atoms with E-state index in [-0.39, 0.29) is 5.91 Å². The highest BCUT2D eigenvalue weighted by Crippen LogP contribution is 1.94. The first kappa shape index (κ1) is 16.4. The average Bonchev–Trinajstić information content (AvgIpc) is 2.34. The van der Waals surface area contributed by atoms with Gasteiger partial charge in [0.25, 0.3) is 0 Å². The molecule has 17 heavy (non-hydrogen) atoms. The third-order valence-electron chi connectivity index (χ3n) is 2.49. The van der Waals surface area contributed by atoms with Crippen LogP contribution in [0, 0.1) is 0 Å². The molecule has 0 fully saturated rings. The zero-order valence-corrected chi connectivity index (χ0v) is 11.3. The van der Waals surface area contributed by atoms with E-state index in [1.165, 1.54) is 0 Å². The van der Waals surface area contributed by atoms with Crippen LogP contribution in [0.1, 0.15) is 26.7 Å². The van der Waals surface area contributed by atoms with Gasteiger partial charge in [0.1, 0.15) is 0 Å². The average molecular weight is 246 g/mol. The summed E-state index contributed by atoms with van der Waals surface area (Å²) in [4.78, 5) is 11.5. The number of nitrogens with one attached hydrogen (secondary N) is 2. The molecule has 0 rings (SSSR count). The van der Waals surface area contributed by atoms with E-state index in [1.54, 1.807) is 7.11 Å². The van der Waals surface area contributed by atoms with Gasteiger partial charge in [-0.1, -0.05) is 13.8 Å². The summed E-state index contributed by atoms with van der Waals surface area (Å²) >= 11 is 0. The topological polar surface area (TPSA) is 59.6 Å². The number of hydrogen-bond donors (Lipinski definition) is 2. The molecule has 0 saturated carbocycles. The van der Waals surface area contributed by atoms with Crippen molar-refractivity contribution in [3.8, 4) is 0 Å². The molecule has 0 aromatic rings. The molecule has 2 N–H and O–H groups in total. The molecule has 1 amide bonds. The second-order valence-electron chi connectivity index (χ2n) is 3.86. The van der Waals surface area contributed by atoms with E-state index >= 15 is 0 Å². The molecule has 102 valence electrons. The van der Waals surface area contributed by atoms with Crippen LogP contribution in [0.15, 0.2) is 0 Å². The Hall–Kier alpha value is -0.650. The van der Waals surface area contributed by atoms with E-state index in [4.69, 9.17) is 9.47 Å². The van der Waals surface area contributed by atoms with Crippen LogP contribution in [-0.4, -0.2) is 52.0 Å². The summed E-state index contributed by atoms with van der Waals surface area (Å²) in [5, 5.41) is 6.00. The molecule has 0 saturated heterocycles. The van der Waals surface area contributed by atoms with E-state index in [0.717, 1.165) is 12.8 Å². The van der Waals surface area contributed by atoms with Gasteiger partial charge in [-0.15, -0.1) is 0 Å². The Morgan fingerprint density at radius 3 is 2.47 bits per heavy atom. The van der Waals surface area contributed by atoms with Crippen molar-refractivity contribution >= 4 is 5.91 Å². The largest absolute Gasteiger partial charge is 0.382 e. The second kappa shape index (κ2) is 11.8. The van der Waals surface area contributed by atoms with Crippen molar-refractivity contribution in [2.24, 2.45) is 0 Å². The first-order valence-electron chi connectivity index (χ1n) is 6.31. The number of methoxy groups -OCH3 is 1. The van der Waals surface area contributed by atoms with E-state index in [1.807, 2.05) is 0 Å². The Morgan fingerprint density at radius 1 is 1.18 bits per heavy atom. The fourth-order valence-electron chi connectivity index (χ4n) is 1.36. The van der Waals surface area contributed by atoms with Gasteiger partial charge >= 0.3 is 0 Å². The van der Waals surface area contributed by atoms with Crippen molar-refractivity contribution in [3.63, 3.8) is 0 Å². The Labute approximate surface area is 104 Å². The number of ether oxygens (including phenoxy) is 2. The van der Waals surface area contributed by atoms with Crippen molar-refractivity contribution in [2.75, 3.05) is 40.0 Å². The van der Waals surface area contributed by atoms with Crippen LogP contribution < -0.4 is 10.6 Å². The van der Waals surface area contributed by atoms with Crippen molar-refractivity contribution < 1.29 is 14.3 Å². The lowest BCUT2D eigenvalue weighted by molar-refractivity contribution is -0.121.